The maximum absolute atomic E-state index is 4.43. The Morgan fingerprint density at radius 3 is 2.14 bits per heavy atom. The monoisotopic (exact) mass is 369 g/mol. The number of fused-ring (bicyclic) bond motifs is 2. The maximum atomic E-state index is 4.43. The first-order valence-electron chi connectivity index (χ1n) is 9.91. The first-order chi connectivity index (χ1) is 13.4. The lowest BCUT2D eigenvalue weighted by atomic mass is 9.71. The average molecular weight is 370 g/mol. The fourth-order valence-electron chi connectivity index (χ4n) is 4.20. The van der Waals surface area contributed by atoms with Gasteiger partial charge in [-0.25, -0.2) is 9.97 Å². The Bertz CT molecular complexity index is 1030. The van der Waals surface area contributed by atoms with Crippen LogP contribution in [0.15, 0.2) is 67.4 Å². The first-order valence-corrected chi connectivity index (χ1v) is 9.91. The lowest BCUT2D eigenvalue weighted by molar-refractivity contribution is 0.378. The fraction of sp³-hybridized carbons (Fsp3) is 0.320. The molecular weight excluding hydrogens is 342 g/mol. The van der Waals surface area contributed by atoms with E-state index in [-0.39, 0.29) is 10.8 Å². The molecule has 0 aliphatic heterocycles. The molecule has 0 aliphatic rings. The largest absolute Gasteiger partial charge is 0.264 e. The lowest BCUT2D eigenvalue weighted by Gasteiger charge is -2.33. The van der Waals surface area contributed by atoms with Gasteiger partial charge >= 0.3 is 0 Å². The molecule has 0 radical (unpaired) electrons. The van der Waals surface area contributed by atoms with Gasteiger partial charge in [0, 0.05) is 29.4 Å². The van der Waals surface area contributed by atoms with Gasteiger partial charge in [-0.15, -0.1) is 0 Å². The van der Waals surface area contributed by atoms with Crippen LogP contribution in [0.3, 0.4) is 0 Å². The number of hydrogen-bond donors (Lipinski definition) is 0. The molecule has 2 aromatic carbocycles. The summed E-state index contributed by atoms with van der Waals surface area (Å²) in [4.78, 5) is 13.0. The van der Waals surface area contributed by atoms with E-state index in [1.165, 1.54) is 21.9 Å². The summed E-state index contributed by atoms with van der Waals surface area (Å²) < 4.78 is 0. The summed E-state index contributed by atoms with van der Waals surface area (Å²) in [6, 6.07) is 15.1. The Morgan fingerprint density at radius 2 is 1.39 bits per heavy atom. The maximum Gasteiger partial charge on any atom is 0.116 e. The molecule has 2 heterocycles. The third-order valence-corrected chi connectivity index (χ3v) is 6.06. The van der Waals surface area contributed by atoms with Gasteiger partial charge in [-0.05, 0) is 52.3 Å². The zero-order valence-corrected chi connectivity index (χ0v) is 17.1. The van der Waals surface area contributed by atoms with Crippen molar-refractivity contribution in [1.82, 2.24) is 15.0 Å². The van der Waals surface area contributed by atoms with Crippen molar-refractivity contribution < 1.29 is 0 Å². The molecule has 4 aromatic rings. The second-order valence-electron chi connectivity index (χ2n) is 8.93. The van der Waals surface area contributed by atoms with Crippen LogP contribution in [0.4, 0.5) is 0 Å². The summed E-state index contributed by atoms with van der Waals surface area (Å²) >= 11 is 0. The zero-order valence-electron chi connectivity index (χ0n) is 17.1. The molecule has 0 N–H and O–H groups in total. The lowest BCUT2D eigenvalue weighted by Crippen LogP contribution is -2.25. The van der Waals surface area contributed by atoms with Crippen molar-refractivity contribution in [3.8, 4) is 0 Å². The Labute approximate surface area is 166 Å². The van der Waals surface area contributed by atoms with Gasteiger partial charge in [-0.2, -0.15) is 0 Å². The molecular formula is C25H27N3. The fourth-order valence-corrected chi connectivity index (χ4v) is 4.20. The third-order valence-electron chi connectivity index (χ3n) is 6.06. The van der Waals surface area contributed by atoms with Crippen molar-refractivity contribution in [1.29, 1.82) is 0 Å². The van der Waals surface area contributed by atoms with E-state index in [0.717, 1.165) is 23.7 Å². The molecule has 0 unspecified atom stereocenters. The van der Waals surface area contributed by atoms with Crippen LogP contribution in [0, 0.1) is 0 Å². The summed E-state index contributed by atoms with van der Waals surface area (Å²) in [5.74, 6) is 0. The minimum Gasteiger partial charge on any atom is -0.264 e. The normalized spacial score (nSPS) is 12.6. The van der Waals surface area contributed by atoms with E-state index in [1.54, 1.807) is 6.33 Å². The van der Waals surface area contributed by atoms with Gasteiger partial charge < -0.3 is 0 Å². The van der Waals surface area contributed by atoms with Crippen LogP contribution < -0.4 is 0 Å². The van der Waals surface area contributed by atoms with Crippen molar-refractivity contribution in [2.24, 2.45) is 0 Å². The quantitative estimate of drug-likeness (QED) is 0.419. The highest BCUT2D eigenvalue weighted by atomic mass is 14.8. The molecule has 3 heteroatoms. The van der Waals surface area contributed by atoms with Gasteiger partial charge in [0.1, 0.15) is 6.33 Å². The first kappa shape index (κ1) is 18.5. The van der Waals surface area contributed by atoms with Crippen molar-refractivity contribution >= 4 is 21.7 Å². The van der Waals surface area contributed by atoms with Gasteiger partial charge in [-0.1, -0.05) is 58.0 Å². The van der Waals surface area contributed by atoms with E-state index >= 15 is 0 Å². The predicted molar refractivity (Wildman–Crippen MR) is 117 cm³/mol. The minimum atomic E-state index is 0.0354. The van der Waals surface area contributed by atoms with Gasteiger partial charge in [0.05, 0.1) is 5.52 Å². The molecule has 0 saturated carbocycles. The summed E-state index contributed by atoms with van der Waals surface area (Å²) in [5.41, 5.74) is 3.83. The van der Waals surface area contributed by atoms with E-state index in [4.69, 9.17) is 0 Å². The zero-order chi connectivity index (χ0) is 19.8. The van der Waals surface area contributed by atoms with Crippen LogP contribution in [0.1, 0.15) is 51.7 Å². The number of pyridine rings is 1. The van der Waals surface area contributed by atoms with Gasteiger partial charge in [0.15, 0.2) is 0 Å². The highest BCUT2D eigenvalue weighted by molar-refractivity contribution is 5.85. The van der Waals surface area contributed by atoms with Crippen LogP contribution >= 0.6 is 0 Å². The Kier molecular flexibility index (Phi) is 4.62. The molecule has 0 bridgehead atoms. The topological polar surface area (TPSA) is 38.7 Å². The van der Waals surface area contributed by atoms with Crippen LogP contribution in [-0.2, 0) is 10.8 Å². The van der Waals surface area contributed by atoms with Gasteiger partial charge in [0.25, 0.3) is 0 Å². The summed E-state index contributed by atoms with van der Waals surface area (Å²) in [6.45, 7) is 9.37. The number of rotatable bonds is 5. The van der Waals surface area contributed by atoms with Crippen molar-refractivity contribution in [3.05, 3.63) is 78.5 Å². The predicted octanol–water partition coefficient (Wildman–Crippen LogP) is 6.21. The highest BCUT2D eigenvalue weighted by Gasteiger charge is 2.29. The smallest absolute Gasteiger partial charge is 0.116 e. The highest BCUT2D eigenvalue weighted by Crippen LogP contribution is 2.39. The molecule has 0 spiro atoms. The van der Waals surface area contributed by atoms with Crippen molar-refractivity contribution in [3.63, 3.8) is 0 Å². The number of benzene rings is 2. The van der Waals surface area contributed by atoms with Crippen LogP contribution in [-0.4, -0.2) is 15.0 Å². The van der Waals surface area contributed by atoms with Crippen molar-refractivity contribution in [2.75, 3.05) is 0 Å². The second-order valence-corrected chi connectivity index (χ2v) is 8.93. The van der Waals surface area contributed by atoms with E-state index in [2.05, 4.69) is 85.1 Å². The van der Waals surface area contributed by atoms with E-state index in [1.807, 2.05) is 18.6 Å². The van der Waals surface area contributed by atoms with E-state index in [9.17, 15) is 0 Å². The van der Waals surface area contributed by atoms with Crippen LogP contribution in [0.2, 0.25) is 0 Å². The van der Waals surface area contributed by atoms with Crippen LogP contribution in [0.5, 0.6) is 0 Å². The second kappa shape index (κ2) is 6.97. The molecule has 142 valence electrons. The van der Waals surface area contributed by atoms with Crippen LogP contribution in [0.25, 0.3) is 21.7 Å². The SMILES string of the molecule is CC(C)(CCC(C)(C)c1cccc2ncncc12)c1cccc2cnccc12. The summed E-state index contributed by atoms with van der Waals surface area (Å²) in [5, 5.41) is 3.67. The average Bonchev–Trinajstić information content (AvgIpc) is 2.71. The van der Waals surface area contributed by atoms with E-state index < -0.39 is 0 Å². The van der Waals surface area contributed by atoms with Crippen molar-refractivity contribution in [2.45, 2.75) is 51.4 Å². The molecule has 4 rings (SSSR count). The Morgan fingerprint density at radius 1 is 0.714 bits per heavy atom. The molecule has 0 amide bonds. The third kappa shape index (κ3) is 3.37. The molecule has 2 aromatic heterocycles. The molecule has 0 atom stereocenters. The number of aromatic nitrogens is 3. The molecule has 28 heavy (non-hydrogen) atoms. The number of nitrogens with zero attached hydrogens (tertiary/aromatic N) is 3. The standard InChI is InChI=1S/C25H27N3/c1-24(2,21-8-5-7-18-15-26-14-11-19(18)21)12-13-25(3,4)22-9-6-10-23-20(22)16-27-17-28-23/h5-11,14-17H,12-13H2,1-4H3. The summed E-state index contributed by atoms with van der Waals surface area (Å²) in [7, 11) is 0. The van der Waals surface area contributed by atoms with E-state index in [0.29, 0.717) is 0 Å². The van der Waals surface area contributed by atoms with Gasteiger partial charge in [0.2, 0.25) is 0 Å². The molecule has 0 fully saturated rings. The Balaban J connectivity index is 1.65. The molecule has 3 nitrogen and oxygen atoms in total. The van der Waals surface area contributed by atoms with Gasteiger partial charge in [-0.3, -0.25) is 4.98 Å². The molecule has 0 saturated heterocycles. The molecule has 0 aliphatic carbocycles. The summed E-state index contributed by atoms with van der Waals surface area (Å²) in [6.07, 6.45) is 9.58. The minimum absolute atomic E-state index is 0.0354. The number of hydrogen-bond acceptors (Lipinski definition) is 3. The Hall–Kier alpha value is -2.81.